The van der Waals surface area contributed by atoms with Crippen molar-refractivity contribution in [3.8, 4) is 0 Å². The summed E-state index contributed by atoms with van der Waals surface area (Å²) in [6, 6.07) is 10.8. The lowest BCUT2D eigenvalue weighted by Crippen LogP contribution is -2.29. The summed E-state index contributed by atoms with van der Waals surface area (Å²) in [6.45, 7) is 0.229. The fourth-order valence-electron chi connectivity index (χ4n) is 3.76. The zero-order valence-corrected chi connectivity index (χ0v) is 18.2. The number of nitrogens with two attached hydrogens (primary N) is 1. The quantitative estimate of drug-likeness (QED) is 0.592. The van der Waals surface area contributed by atoms with Crippen LogP contribution in [0.4, 0.5) is 24.7 Å². The number of amides is 1. The Morgan fingerprint density at radius 1 is 1.09 bits per heavy atom. The summed E-state index contributed by atoms with van der Waals surface area (Å²) in [4.78, 5) is 19.0. The number of sulfonamides is 1. The van der Waals surface area contributed by atoms with Gasteiger partial charge >= 0.3 is 0 Å². The molecule has 1 amide bonds. The number of carbonyl (C=O) groups is 1. The van der Waals surface area contributed by atoms with Crippen LogP contribution in [0.25, 0.3) is 10.9 Å². The maximum Gasteiger partial charge on any atom is 0.259 e. The summed E-state index contributed by atoms with van der Waals surface area (Å²) < 4.78 is 64.8. The van der Waals surface area contributed by atoms with Crippen LogP contribution >= 0.6 is 0 Å². The topological polar surface area (TPSA) is 105 Å². The number of halogens is 3. The van der Waals surface area contributed by atoms with Gasteiger partial charge in [0.2, 0.25) is 15.9 Å². The van der Waals surface area contributed by atoms with Crippen LogP contribution < -0.4 is 15.4 Å². The molecule has 1 aliphatic rings. The molecule has 1 aromatic heterocycles. The summed E-state index contributed by atoms with van der Waals surface area (Å²) >= 11 is 0. The highest BCUT2D eigenvalue weighted by Gasteiger charge is 2.33. The first-order chi connectivity index (χ1) is 15.5. The van der Waals surface area contributed by atoms with Gasteiger partial charge < -0.3 is 10.2 Å². The maximum atomic E-state index is 13.9. The molecule has 2 aromatic carbocycles. The molecule has 0 unspecified atom stereocenters. The number of carbonyl (C=O) groups excluding carboxylic acids is 1. The van der Waals surface area contributed by atoms with Gasteiger partial charge in [0.1, 0.15) is 11.6 Å². The molecule has 1 saturated heterocycles. The predicted octanol–water partition coefficient (Wildman–Crippen LogP) is 3.90. The lowest BCUT2D eigenvalue weighted by molar-refractivity contribution is -0.0102. The number of nitrogens with one attached hydrogen (secondary N) is 1. The van der Waals surface area contributed by atoms with Crippen LogP contribution in [0.1, 0.15) is 29.6 Å². The average molecular weight is 478 g/mol. The molecule has 1 aliphatic heterocycles. The van der Waals surface area contributed by atoms with Crippen molar-refractivity contribution in [1.29, 1.82) is 0 Å². The lowest BCUT2D eigenvalue weighted by Gasteiger charge is -2.24. The Bertz CT molecular complexity index is 1330. The second kappa shape index (κ2) is 8.64. The molecule has 0 atom stereocenters. The van der Waals surface area contributed by atoms with Crippen LogP contribution in [0, 0.1) is 5.82 Å². The van der Waals surface area contributed by atoms with E-state index in [0.717, 1.165) is 0 Å². The van der Waals surface area contributed by atoms with E-state index in [1.54, 1.807) is 4.90 Å². The van der Waals surface area contributed by atoms with E-state index in [9.17, 15) is 26.4 Å². The summed E-state index contributed by atoms with van der Waals surface area (Å²) in [5, 5.41) is 8.25. The summed E-state index contributed by atoms with van der Waals surface area (Å²) in [5.41, 5.74) is 0.563. The SMILES string of the molecule is NS(=O)(=O)c1cccc(NC(=O)c2cc3ccc(F)cc3nc2N2CCCC(F)(F)CC2)c1. The highest BCUT2D eigenvalue weighted by molar-refractivity contribution is 7.89. The van der Waals surface area contributed by atoms with Crippen LogP contribution in [0.3, 0.4) is 0 Å². The highest BCUT2D eigenvalue weighted by Crippen LogP contribution is 2.32. The van der Waals surface area contributed by atoms with E-state index in [1.165, 1.54) is 48.5 Å². The number of rotatable bonds is 4. The van der Waals surface area contributed by atoms with Crippen molar-refractivity contribution in [2.75, 3.05) is 23.3 Å². The fourth-order valence-corrected chi connectivity index (χ4v) is 4.32. The predicted molar refractivity (Wildman–Crippen MR) is 118 cm³/mol. The third kappa shape index (κ3) is 5.25. The standard InChI is InChI=1S/C22H21F3N4O3S/c23-15-6-5-14-11-18(21(30)27-16-3-1-4-17(13-16)33(26,31)32)20(28-19(14)12-15)29-9-2-7-22(24,25)8-10-29/h1,3-6,11-13H,2,7-10H2,(H,27,30)(H2,26,31,32). The second-order valence-electron chi connectivity index (χ2n) is 7.92. The van der Waals surface area contributed by atoms with Gasteiger partial charge in [0.05, 0.1) is 16.0 Å². The van der Waals surface area contributed by atoms with Crippen LogP contribution in [0.5, 0.6) is 0 Å². The second-order valence-corrected chi connectivity index (χ2v) is 9.48. The zero-order chi connectivity index (χ0) is 23.8. The first kappa shape index (κ1) is 23.0. The molecular weight excluding hydrogens is 457 g/mol. The number of aromatic nitrogens is 1. The average Bonchev–Trinajstić information content (AvgIpc) is 2.92. The molecular formula is C22H21F3N4O3S. The first-order valence-electron chi connectivity index (χ1n) is 10.2. The Morgan fingerprint density at radius 2 is 1.88 bits per heavy atom. The number of fused-ring (bicyclic) bond motifs is 1. The van der Waals surface area contributed by atoms with Crippen LogP contribution in [0.15, 0.2) is 53.4 Å². The van der Waals surface area contributed by atoms with E-state index in [1.807, 2.05) is 0 Å². The van der Waals surface area contributed by atoms with Crippen LogP contribution in [0.2, 0.25) is 0 Å². The Kier molecular flexibility index (Phi) is 6.02. The van der Waals surface area contributed by atoms with Gasteiger partial charge in [-0.05, 0) is 42.8 Å². The van der Waals surface area contributed by atoms with Gasteiger partial charge in [-0.25, -0.2) is 31.7 Å². The number of primary sulfonamides is 1. The number of hydrogen-bond donors (Lipinski definition) is 2. The monoisotopic (exact) mass is 478 g/mol. The van der Waals surface area contributed by atoms with Gasteiger partial charge in [-0.3, -0.25) is 4.79 Å². The molecule has 3 aromatic rings. The normalized spacial score (nSPS) is 16.4. The van der Waals surface area contributed by atoms with E-state index in [4.69, 9.17) is 5.14 Å². The van der Waals surface area contributed by atoms with Crippen molar-refractivity contribution < 1.29 is 26.4 Å². The molecule has 33 heavy (non-hydrogen) atoms. The van der Waals surface area contributed by atoms with E-state index >= 15 is 0 Å². The minimum absolute atomic E-state index is 0.0258. The van der Waals surface area contributed by atoms with Crippen molar-refractivity contribution in [2.24, 2.45) is 5.14 Å². The molecule has 0 aliphatic carbocycles. The number of hydrogen-bond acceptors (Lipinski definition) is 5. The third-order valence-electron chi connectivity index (χ3n) is 5.44. The Balaban J connectivity index is 1.74. The Morgan fingerprint density at radius 3 is 2.64 bits per heavy atom. The van der Waals surface area contributed by atoms with Crippen molar-refractivity contribution in [3.63, 3.8) is 0 Å². The van der Waals surface area contributed by atoms with Gasteiger partial charge in [0.25, 0.3) is 5.91 Å². The van der Waals surface area contributed by atoms with Gasteiger partial charge in [0, 0.05) is 43.1 Å². The van der Waals surface area contributed by atoms with E-state index in [0.29, 0.717) is 5.39 Å². The Labute approximate surface area is 188 Å². The number of pyridine rings is 1. The third-order valence-corrected chi connectivity index (χ3v) is 6.35. The molecule has 0 radical (unpaired) electrons. The van der Waals surface area contributed by atoms with Crippen molar-refractivity contribution in [3.05, 3.63) is 59.9 Å². The van der Waals surface area contributed by atoms with Crippen molar-refractivity contribution in [2.45, 2.75) is 30.1 Å². The molecule has 0 bridgehead atoms. The minimum Gasteiger partial charge on any atom is -0.356 e. The van der Waals surface area contributed by atoms with E-state index in [-0.39, 0.29) is 53.4 Å². The Hall–Kier alpha value is -3.18. The van der Waals surface area contributed by atoms with Crippen molar-refractivity contribution >= 4 is 38.3 Å². The van der Waals surface area contributed by atoms with Crippen molar-refractivity contribution in [1.82, 2.24) is 4.98 Å². The van der Waals surface area contributed by atoms with Crippen LogP contribution in [-0.2, 0) is 10.0 Å². The largest absolute Gasteiger partial charge is 0.356 e. The number of alkyl halides is 2. The summed E-state index contributed by atoms with van der Waals surface area (Å²) in [5.74, 6) is -3.79. The maximum absolute atomic E-state index is 13.9. The molecule has 174 valence electrons. The number of benzene rings is 2. The molecule has 3 N–H and O–H groups in total. The van der Waals surface area contributed by atoms with Gasteiger partial charge in [-0.1, -0.05) is 6.07 Å². The highest BCUT2D eigenvalue weighted by atomic mass is 32.2. The molecule has 11 heteroatoms. The number of anilines is 2. The van der Waals surface area contributed by atoms with Gasteiger partial charge in [0.15, 0.2) is 0 Å². The molecule has 7 nitrogen and oxygen atoms in total. The van der Waals surface area contributed by atoms with Crippen LogP contribution in [-0.4, -0.2) is 38.3 Å². The smallest absolute Gasteiger partial charge is 0.259 e. The molecule has 0 spiro atoms. The lowest BCUT2D eigenvalue weighted by atomic mass is 10.1. The minimum atomic E-state index is -3.98. The molecule has 2 heterocycles. The van der Waals surface area contributed by atoms with Gasteiger partial charge in [-0.15, -0.1) is 0 Å². The summed E-state index contributed by atoms with van der Waals surface area (Å²) in [6.07, 6.45) is -0.464. The zero-order valence-electron chi connectivity index (χ0n) is 17.4. The first-order valence-corrected chi connectivity index (χ1v) is 11.7. The van der Waals surface area contributed by atoms with E-state index < -0.39 is 34.1 Å². The molecule has 4 rings (SSSR count). The van der Waals surface area contributed by atoms with Gasteiger partial charge in [-0.2, -0.15) is 0 Å². The van der Waals surface area contributed by atoms with E-state index in [2.05, 4.69) is 10.3 Å². The number of nitrogens with zero attached hydrogens (tertiary/aromatic N) is 2. The molecule has 1 fully saturated rings. The fraction of sp³-hybridized carbons (Fsp3) is 0.273. The summed E-state index contributed by atoms with van der Waals surface area (Å²) in [7, 11) is -3.98. The molecule has 0 saturated carbocycles.